The predicted octanol–water partition coefficient (Wildman–Crippen LogP) is 1.46. The predicted molar refractivity (Wildman–Crippen MR) is 76.7 cm³/mol. The molecule has 0 spiro atoms. The molecule has 5 heteroatoms. The third kappa shape index (κ3) is 17.8. The monoisotopic (exact) mass is 277 g/mol. The quantitative estimate of drug-likeness (QED) is 0.433. The Kier molecular flexibility index (Phi) is 17.6. The summed E-state index contributed by atoms with van der Waals surface area (Å²) in [7, 11) is 1.98. The van der Waals surface area contributed by atoms with Crippen LogP contribution in [0.3, 0.4) is 0 Å². The van der Waals surface area contributed by atoms with Crippen molar-refractivity contribution in [2.75, 3.05) is 66.4 Å². The highest BCUT2D eigenvalue weighted by molar-refractivity contribution is 4.43. The van der Waals surface area contributed by atoms with E-state index in [1.54, 1.807) is 0 Å². The van der Waals surface area contributed by atoms with Gasteiger partial charge >= 0.3 is 0 Å². The maximum absolute atomic E-state index is 5.47. The lowest BCUT2D eigenvalue weighted by Crippen LogP contribution is -2.12. The summed E-state index contributed by atoms with van der Waals surface area (Å²) in [5, 5.41) is 3.13. The molecule has 0 aromatic heterocycles. The fraction of sp³-hybridized carbons (Fsp3) is 1.00. The molecule has 0 aliphatic rings. The third-order valence-electron chi connectivity index (χ3n) is 2.54. The van der Waals surface area contributed by atoms with Crippen LogP contribution >= 0.6 is 0 Å². The zero-order valence-electron chi connectivity index (χ0n) is 12.6. The molecule has 0 aliphatic carbocycles. The van der Waals surface area contributed by atoms with Crippen LogP contribution in [0.25, 0.3) is 0 Å². The maximum Gasteiger partial charge on any atom is 0.0701 e. The summed E-state index contributed by atoms with van der Waals surface area (Å²) < 4.78 is 21.3. The molecule has 1 N–H and O–H groups in total. The van der Waals surface area contributed by atoms with Crippen molar-refractivity contribution in [1.29, 1.82) is 0 Å². The first kappa shape index (κ1) is 18.8. The summed E-state index contributed by atoms with van der Waals surface area (Å²) in [6.07, 6.45) is 3.56. The van der Waals surface area contributed by atoms with Gasteiger partial charge in [-0.05, 0) is 39.8 Å². The highest BCUT2D eigenvalue weighted by atomic mass is 16.6. The first-order valence-corrected chi connectivity index (χ1v) is 7.37. The molecule has 0 aliphatic heterocycles. The molecule has 0 bridgehead atoms. The maximum atomic E-state index is 5.47. The summed E-state index contributed by atoms with van der Waals surface area (Å²) in [5.74, 6) is 0. The molecule has 0 amide bonds. The summed E-state index contributed by atoms with van der Waals surface area (Å²) in [4.78, 5) is 0. The van der Waals surface area contributed by atoms with E-state index in [4.69, 9.17) is 18.9 Å². The molecule has 0 atom stereocenters. The van der Waals surface area contributed by atoms with E-state index in [0.29, 0.717) is 39.6 Å². The molecular formula is C14H31NO4. The van der Waals surface area contributed by atoms with Crippen LogP contribution in [-0.2, 0) is 18.9 Å². The second-order valence-electron chi connectivity index (χ2n) is 4.20. The van der Waals surface area contributed by atoms with Crippen LogP contribution in [0, 0.1) is 0 Å². The van der Waals surface area contributed by atoms with Gasteiger partial charge in [-0.1, -0.05) is 0 Å². The van der Waals surface area contributed by atoms with Gasteiger partial charge in [0.05, 0.1) is 39.6 Å². The molecule has 19 heavy (non-hydrogen) atoms. The molecule has 0 radical (unpaired) electrons. The fourth-order valence-corrected chi connectivity index (χ4v) is 1.49. The van der Waals surface area contributed by atoms with E-state index in [1.165, 1.54) is 12.8 Å². The number of nitrogens with one attached hydrogen (secondary N) is 1. The number of hydrogen-bond donors (Lipinski definition) is 1. The van der Waals surface area contributed by atoms with Gasteiger partial charge in [-0.25, -0.2) is 0 Å². The van der Waals surface area contributed by atoms with Gasteiger partial charge in [0.15, 0.2) is 0 Å². The van der Waals surface area contributed by atoms with Crippen molar-refractivity contribution in [3.8, 4) is 0 Å². The lowest BCUT2D eigenvalue weighted by Gasteiger charge is -2.07. The van der Waals surface area contributed by atoms with E-state index < -0.39 is 0 Å². The topological polar surface area (TPSA) is 49.0 Å². The minimum absolute atomic E-state index is 0.622. The summed E-state index contributed by atoms with van der Waals surface area (Å²) in [6.45, 7) is 8.50. The van der Waals surface area contributed by atoms with E-state index >= 15 is 0 Å². The zero-order valence-corrected chi connectivity index (χ0v) is 12.6. The van der Waals surface area contributed by atoms with Crippen LogP contribution in [0.5, 0.6) is 0 Å². The third-order valence-corrected chi connectivity index (χ3v) is 2.54. The Balaban J connectivity index is 2.88. The van der Waals surface area contributed by atoms with Crippen LogP contribution in [0.4, 0.5) is 0 Å². The first-order chi connectivity index (χ1) is 9.41. The summed E-state index contributed by atoms with van der Waals surface area (Å²) >= 11 is 0. The molecule has 0 fully saturated rings. The zero-order chi connectivity index (χ0) is 14.0. The van der Waals surface area contributed by atoms with E-state index in [0.717, 1.165) is 26.2 Å². The van der Waals surface area contributed by atoms with Gasteiger partial charge in [0.1, 0.15) is 0 Å². The van der Waals surface area contributed by atoms with Crippen LogP contribution < -0.4 is 5.32 Å². The number of ether oxygens (including phenoxy) is 4. The molecule has 0 saturated heterocycles. The molecule has 0 rings (SSSR count). The molecule has 0 aromatic carbocycles. The van der Waals surface area contributed by atoms with Crippen LogP contribution in [0.15, 0.2) is 0 Å². The minimum Gasteiger partial charge on any atom is -0.379 e. The van der Waals surface area contributed by atoms with Gasteiger partial charge < -0.3 is 24.3 Å². The lowest BCUT2D eigenvalue weighted by molar-refractivity contribution is -0.000828. The van der Waals surface area contributed by atoms with Gasteiger partial charge in [0.2, 0.25) is 0 Å². The molecule has 0 unspecified atom stereocenters. The smallest absolute Gasteiger partial charge is 0.0701 e. The standard InChI is InChI=1S/C14H31NO4/c1-3-16-9-10-18-13-14-19-12-11-17-8-6-4-5-7-15-2/h15H,3-14H2,1-2H3. The van der Waals surface area contributed by atoms with Crippen LogP contribution in [0.2, 0.25) is 0 Å². The Labute approximate surface area is 117 Å². The highest BCUT2D eigenvalue weighted by Gasteiger charge is 1.92. The lowest BCUT2D eigenvalue weighted by atomic mass is 10.2. The Morgan fingerprint density at radius 1 is 0.632 bits per heavy atom. The Hall–Kier alpha value is -0.200. The van der Waals surface area contributed by atoms with Crippen molar-refractivity contribution in [3.05, 3.63) is 0 Å². The number of rotatable bonds is 16. The second-order valence-corrected chi connectivity index (χ2v) is 4.20. The van der Waals surface area contributed by atoms with Crippen molar-refractivity contribution in [3.63, 3.8) is 0 Å². The van der Waals surface area contributed by atoms with Crippen LogP contribution in [-0.4, -0.2) is 66.4 Å². The Bertz CT molecular complexity index is 142. The highest BCUT2D eigenvalue weighted by Crippen LogP contribution is 1.94. The van der Waals surface area contributed by atoms with Gasteiger partial charge in [-0.3, -0.25) is 0 Å². The molecular weight excluding hydrogens is 246 g/mol. The normalized spacial score (nSPS) is 11.1. The largest absolute Gasteiger partial charge is 0.379 e. The molecule has 0 saturated carbocycles. The molecule has 0 aromatic rings. The van der Waals surface area contributed by atoms with Gasteiger partial charge in [0, 0.05) is 13.2 Å². The van der Waals surface area contributed by atoms with E-state index in [9.17, 15) is 0 Å². The van der Waals surface area contributed by atoms with Gasteiger partial charge in [-0.2, -0.15) is 0 Å². The van der Waals surface area contributed by atoms with Crippen molar-refractivity contribution < 1.29 is 18.9 Å². The number of hydrogen-bond acceptors (Lipinski definition) is 5. The van der Waals surface area contributed by atoms with Crippen molar-refractivity contribution in [1.82, 2.24) is 5.32 Å². The van der Waals surface area contributed by atoms with E-state index in [2.05, 4.69) is 5.32 Å². The molecule has 5 nitrogen and oxygen atoms in total. The summed E-state index contributed by atoms with van der Waals surface area (Å²) in [5.41, 5.74) is 0. The Morgan fingerprint density at radius 3 is 1.68 bits per heavy atom. The fourth-order valence-electron chi connectivity index (χ4n) is 1.49. The molecule has 116 valence electrons. The van der Waals surface area contributed by atoms with Gasteiger partial charge in [-0.15, -0.1) is 0 Å². The average Bonchev–Trinajstić information content (AvgIpc) is 2.43. The number of unbranched alkanes of at least 4 members (excludes halogenated alkanes) is 2. The van der Waals surface area contributed by atoms with E-state index in [-0.39, 0.29) is 0 Å². The summed E-state index contributed by atoms with van der Waals surface area (Å²) in [6, 6.07) is 0. The van der Waals surface area contributed by atoms with Crippen molar-refractivity contribution in [2.24, 2.45) is 0 Å². The van der Waals surface area contributed by atoms with Crippen molar-refractivity contribution >= 4 is 0 Å². The van der Waals surface area contributed by atoms with Crippen molar-refractivity contribution in [2.45, 2.75) is 26.2 Å². The second kappa shape index (κ2) is 17.8. The van der Waals surface area contributed by atoms with Crippen LogP contribution in [0.1, 0.15) is 26.2 Å². The average molecular weight is 277 g/mol. The Morgan fingerprint density at radius 2 is 1.16 bits per heavy atom. The van der Waals surface area contributed by atoms with Gasteiger partial charge in [0.25, 0.3) is 0 Å². The molecule has 0 heterocycles. The SMILES string of the molecule is CCOCCOCCOCCOCCCCCNC. The first-order valence-electron chi connectivity index (χ1n) is 7.37. The minimum atomic E-state index is 0.622. The van der Waals surface area contributed by atoms with E-state index in [1.807, 2.05) is 14.0 Å².